The molecule has 212 valence electrons. The first-order valence-electron chi connectivity index (χ1n) is 11.7. The Hall–Kier alpha value is -4.17. The van der Waals surface area contributed by atoms with E-state index >= 15 is 0 Å². The van der Waals surface area contributed by atoms with Crippen LogP contribution in [0.1, 0.15) is 22.3 Å². The van der Waals surface area contributed by atoms with Gasteiger partial charge in [0, 0.05) is 11.8 Å². The highest BCUT2D eigenvalue weighted by Gasteiger charge is 2.36. The number of ether oxygens (including phenoxy) is 1. The maximum atomic E-state index is 13.0. The number of nitro benzene ring substituents is 1. The van der Waals surface area contributed by atoms with Crippen LogP contribution in [0.15, 0.2) is 64.0 Å². The number of imide groups is 1. The molecule has 3 aromatic carbocycles. The number of benzene rings is 3. The molecule has 1 heterocycles. The highest BCUT2D eigenvalue weighted by Crippen LogP contribution is 2.40. The van der Waals surface area contributed by atoms with Crippen molar-refractivity contribution < 1.29 is 37.2 Å². The molecule has 3 aromatic rings. The second-order valence-corrected chi connectivity index (χ2v) is 10.6. The zero-order valence-electron chi connectivity index (χ0n) is 21.2. The Bertz CT molecular complexity index is 1630. The monoisotopic (exact) mass is 649 g/mol. The number of alkyl halides is 3. The van der Waals surface area contributed by atoms with Gasteiger partial charge in [0.05, 0.1) is 19.9 Å². The van der Waals surface area contributed by atoms with E-state index in [9.17, 15) is 37.7 Å². The number of hydrogen-bond acceptors (Lipinski definition) is 7. The molecule has 0 radical (unpaired) electrons. The normalized spacial score (nSPS) is 14.5. The van der Waals surface area contributed by atoms with E-state index in [0.29, 0.717) is 35.1 Å². The molecule has 1 fully saturated rings. The minimum atomic E-state index is -4.77. The van der Waals surface area contributed by atoms with E-state index in [1.807, 2.05) is 19.9 Å². The molecule has 0 spiro atoms. The first-order chi connectivity index (χ1) is 19.2. The van der Waals surface area contributed by atoms with Gasteiger partial charge >= 0.3 is 11.9 Å². The topological polar surface area (TPSA) is 119 Å². The largest absolute Gasteiger partial charge is 0.449 e. The number of nitro groups is 1. The summed E-state index contributed by atoms with van der Waals surface area (Å²) < 4.78 is 44.7. The predicted octanol–water partition coefficient (Wildman–Crippen LogP) is 7.46. The maximum Gasteiger partial charge on any atom is 0.416 e. The van der Waals surface area contributed by atoms with Gasteiger partial charge in [-0.3, -0.25) is 29.4 Å². The number of amides is 3. The van der Waals surface area contributed by atoms with Gasteiger partial charge in [0.2, 0.25) is 11.7 Å². The van der Waals surface area contributed by atoms with Crippen molar-refractivity contribution in [2.75, 3.05) is 11.9 Å². The highest BCUT2D eigenvalue weighted by atomic mass is 79.9. The SMILES string of the molecule is Cc1cccc(NC(=O)CN2C(=O)S/C(=C/c3ccc(Oc4ccc(C(F)(F)F)cc4[N+](=O)[O-])c(Br)c3)C2=O)c1C. The number of anilines is 1. The molecule has 14 heteroatoms. The van der Waals surface area contributed by atoms with Gasteiger partial charge in [-0.1, -0.05) is 18.2 Å². The Balaban J connectivity index is 1.48. The zero-order valence-corrected chi connectivity index (χ0v) is 23.6. The molecule has 3 amide bonds. The Morgan fingerprint density at radius 1 is 1.12 bits per heavy atom. The summed E-state index contributed by atoms with van der Waals surface area (Å²) >= 11 is 3.91. The smallest absolute Gasteiger partial charge is 0.416 e. The summed E-state index contributed by atoms with van der Waals surface area (Å²) in [4.78, 5) is 49.2. The van der Waals surface area contributed by atoms with Crippen molar-refractivity contribution in [1.29, 1.82) is 0 Å². The maximum absolute atomic E-state index is 13.0. The second kappa shape index (κ2) is 11.7. The van der Waals surface area contributed by atoms with Gasteiger partial charge < -0.3 is 10.1 Å². The van der Waals surface area contributed by atoms with E-state index in [1.165, 1.54) is 24.3 Å². The molecule has 0 unspecified atom stereocenters. The lowest BCUT2D eigenvalue weighted by Crippen LogP contribution is -2.36. The number of halogens is 4. The minimum Gasteiger partial charge on any atom is -0.449 e. The predicted molar refractivity (Wildman–Crippen MR) is 150 cm³/mol. The van der Waals surface area contributed by atoms with E-state index < -0.39 is 51.7 Å². The second-order valence-electron chi connectivity index (χ2n) is 8.79. The molecule has 1 aliphatic heterocycles. The molecule has 41 heavy (non-hydrogen) atoms. The summed E-state index contributed by atoms with van der Waals surface area (Å²) in [6.45, 7) is 3.26. The van der Waals surface area contributed by atoms with E-state index in [2.05, 4.69) is 21.2 Å². The first-order valence-corrected chi connectivity index (χ1v) is 13.3. The molecule has 0 aliphatic carbocycles. The number of aryl methyl sites for hydroxylation is 1. The summed E-state index contributed by atoms with van der Waals surface area (Å²) in [5.41, 5.74) is 0.786. The zero-order chi connectivity index (χ0) is 30.1. The molecule has 1 saturated heterocycles. The van der Waals surface area contributed by atoms with Crippen LogP contribution in [0.3, 0.4) is 0 Å². The Morgan fingerprint density at radius 2 is 1.83 bits per heavy atom. The van der Waals surface area contributed by atoms with Crippen LogP contribution in [0.5, 0.6) is 11.5 Å². The van der Waals surface area contributed by atoms with E-state index in [1.54, 1.807) is 12.1 Å². The van der Waals surface area contributed by atoms with Crippen LogP contribution < -0.4 is 10.1 Å². The lowest BCUT2D eigenvalue weighted by molar-refractivity contribution is -0.385. The summed E-state index contributed by atoms with van der Waals surface area (Å²) in [7, 11) is 0. The standard InChI is InChI=1S/C27H19BrF3N3O6S/c1-14-4-3-5-19(15(14)2)32-24(35)13-33-25(36)23(41-26(33)37)11-16-6-8-21(18(28)10-16)40-22-9-7-17(27(29,30)31)12-20(22)34(38)39/h3-12H,13H2,1-2H3,(H,32,35)/b23-11+. The van der Waals surface area contributed by atoms with Crippen LogP contribution >= 0.6 is 27.7 Å². The van der Waals surface area contributed by atoms with Crippen LogP contribution in [0, 0.1) is 24.0 Å². The lowest BCUT2D eigenvalue weighted by atomic mass is 10.1. The van der Waals surface area contributed by atoms with Gasteiger partial charge in [-0.25, -0.2) is 0 Å². The van der Waals surface area contributed by atoms with Crippen LogP contribution in [-0.4, -0.2) is 33.4 Å². The summed E-state index contributed by atoms with van der Waals surface area (Å²) in [6.07, 6.45) is -3.35. The molecular weight excluding hydrogens is 631 g/mol. The molecular formula is C27H19BrF3N3O6S. The van der Waals surface area contributed by atoms with Gasteiger partial charge in [-0.15, -0.1) is 0 Å². The Labute approximate surface area is 243 Å². The molecule has 1 N–H and O–H groups in total. The third-order valence-corrected chi connectivity index (χ3v) is 7.54. The molecule has 0 atom stereocenters. The molecule has 1 aliphatic rings. The summed E-state index contributed by atoms with van der Waals surface area (Å²) in [6, 6.07) is 11.7. The van der Waals surface area contributed by atoms with Crippen molar-refractivity contribution in [2.45, 2.75) is 20.0 Å². The van der Waals surface area contributed by atoms with Gasteiger partial charge in [0.1, 0.15) is 12.3 Å². The molecule has 0 saturated carbocycles. The van der Waals surface area contributed by atoms with Crippen LogP contribution in [0.25, 0.3) is 6.08 Å². The fourth-order valence-electron chi connectivity index (χ4n) is 3.74. The van der Waals surface area contributed by atoms with Crippen LogP contribution in [0.4, 0.5) is 29.3 Å². The molecule has 4 rings (SSSR count). The number of carbonyl (C=O) groups is 3. The van der Waals surface area contributed by atoms with Crippen molar-refractivity contribution in [1.82, 2.24) is 4.90 Å². The number of thioether (sulfide) groups is 1. The van der Waals surface area contributed by atoms with E-state index in [4.69, 9.17) is 4.74 Å². The average Bonchev–Trinajstić information content (AvgIpc) is 3.15. The first kappa shape index (κ1) is 29.8. The Morgan fingerprint density at radius 3 is 2.49 bits per heavy atom. The van der Waals surface area contributed by atoms with Crippen LogP contribution in [-0.2, 0) is 15.8 Å². The van der Waals surface area contributed by atoms with E-state index in [0.717, 1.165) is 22.1 Å². The fourth-order valence-corrected chi connectivity index (χ4v) is 5.05. The molecule has 0 bridgehead atoms. The number of nitrogens with one attached hydrogen (secondary N) is 1. The summed E-state index contributed by atoms with van der Waals surface area (Å²) in [5, 5.41) is 13.4. The number of hydrogen-bond donors (Lipinski definition) is 1. The summed E-state index contributed by atoms with van der Waals surface area (Å²) in [5.74, 6) is -1.55. The van der Waals surface area contributed by atoms with Crippen molar-refractivity contribution >= 4 is 62.2 Å². The third-order valence-electron chi connectivity index (χ3n) is 6.01. The average molecular weight is 650 g/mol. The van der Waals surface area contributed by atoms with Crippen LogP contribution in [0.2, 0.25) is 0 Å². The Kier molecular flexibility index (Phi) is 8.54. The number of nitrogens with zero attached hydrogens (tertiary/aromatic N) is 2. The van der Waals surface area contributed by atoms with E-state index in [-0.39, 0.29) is 15.1 Å². The van der Waals surface area contributed by atoms with Crippen molar-refractivity contribution in [3.63, 3.8) is 0 Å². The minimum absolute atomic E-state index is 0.0567. The lowest BCUT2D eigenvalue weighted by Gasteiger charge is -2.14. The van der Waals surface area contributed by atoms with Crippen molar-refractivity contribution in [3.8, 4) is 11.5 Å². The third kappa shape index (κ3) is 6.77. The number of carbonyl (C=O) groups excluding carboxylic acids is 3. The van der Waals surface area contributed by atoms with Crippen molar-refractivity contribution in [2.24, 2.45) is 0 Å². The van der Waals surface area contributed by atoms with Gasteiger partial charge in [0.15, 0.2) is 0 Å². The van der Waals surface area contributed by atoms with Gasteiger partial charge in [0.25, 0.3) is 11.1 Å². The van der Waals surface area contributed by atoms with Gasteiger partial charge in [-0.05, 0) is 94.6 Å². The number of rotatable bonds is 7. The molecule has 9 nitrogen and oxygen atoms in total. The molecule has 0 aromatic heterocycles. The quantitative estimate of drug-likeness (QED) is 0.160. The van der Waals surface area contributed by atoms with Crippen molar-refractivity contribution in [3.05, 3.63) is 96.3 Å². The highest BCUT2D eigenvalue weighted by molar-refractivity contribution is 9.10. The van der Waals surface area contributed by atoms with Gasteiger partial charge in [-0.2, -0.15) is 13.2 Å². The fraction of sp³-hybridized carbons (Fsp3) is 0.148.